The zero-order chi connectivity index (χ0) is 14.4. The Balaban J connectivity index is 2.08. The number of anilines is 1. The Morgan fingerprint density at radius 2 is 2.05 bits per heavy atom. The Morgan fingerprint density at radius 3 is 2.80 bits per heavy atom. The molecule has 2 rings (SSSR count). The van der Waals surface area contributed by atoms with E-state index in [1.165, 1.54) is 6.07 Å². The Labute approximate surface area is 126 Å². The average molecular weight is 336 g/mol. The first-order valence-electron chi connectivity index (χ1n) is 6.21. The van der Waals surface area contributed by atoms with Crippen LogP contribution in [0.15, 0.2) is 59.6 Å². The number of hydrogen-bond donors (Lipinski definition) is 1. The first-order chi connectivity index (χ1) is 9.70. The maximum atomic E-state index is 13.7. The normalized spacial score (nSPS) is 10.1. The third kappa shape index (κ3) is 3.84. The van der Waals surface area contributed by atoms with Crippen LogP contribution in [0.4, 0.5) is 10.1 Å². The van der Waals surface area contributed by atoms with Gasteiger partial charge in [-0.2, -0.15) is 0 Å². The molecule has 0 fully saturated rings. The first kappa shape index (κ1) is 14.6. The van der Waals surface area contributed by atoms with E-state index < -0.39 is 0 Å². The Bertz CT molecular complexity index is 601. The highest BCUT2D eigenvalue weighted by Gasteiger charge is 2.05. The lowest BCUT2D eigenvalue weighted by Crippen LogP contribution is -2.04. The number of ether oxygens (including phenoxy) is 1. The summed E-state index contributed by atoms with van der Waals surface area (Å²) in [6, 6.07) is 12.6. The molecule has 0 radical (unpaired) electrons. The van der Waals surface area contributed by atoms with Gasteiger partial charge in [0.2, 0.25) is 0 Å². The Morgan fingerprint density at radius 1 is 1.25 bits per heavy atom. The largest absolute Gasteiger partial charge is 0.489 e. The van der Waals surface area contributed by atoms with E-state index in [1.807, 2.05) is 24.3 Å². The molecule has 0 atom stereocenters. The van der Waals surface area contributed by atoms with Gasteiger partial charge in [0, 0.05) is 16.6 Å². The summed E-state index contributed by atoms with van der Waals surface area (Å²) >= 11 is 3.24. The standard InChI is InChI=1S/C16H15BrFNO/c1-2-9-20-16-6-4-3-5-12(16)11-19-15-8-7-13(17)10-14(15)18/h2-8,10,19H,1,9,11H2. The fourth-order valence-electron chi connectivity index (χ4n) is 1.76. The molecule has 0 bridgehead atoms. The summed E-state index contributed by atoms with van der Waals surface area (Å²) < 4.78 is 20.0. The summed E-state index contributed by atoms with van der Waals surface area (Å²) in [5.74, 6) is 0.487. The van der Waals surface area contributed by atoms with Crippen molar-refractivity contribution in [3.05, 3.63) is 71.0 Å². The van der Waals surface area contributed by atoms with Crippen molar-refractivity contribution in [3.8, 4) is 5.75 Å². The molecule has 0 amide bonds. The van der Waals surface area contributed by atoms with Crippen molar-refractivity contribution >= 4 is 21.6 Å². The van der Waals surface area contributed by atoms with Gasteiger partial charge in [0.05, 0.1) is 5.69 Å². The number of rotatable bonds is 6. The van der Waals surface area contributed by atoms with Crippen LogP contribution in [0.25, 0.3) is 0 Å². The molecule has 4 heteroatoms. The van der Waals surface area contributed by atoms with E-state index in [4.69, 9.17) is 4.74 Å². The maximum Gasteiger partial charge on any atom is 0.147 e. The second kappa shape index (κ2) is 7.10. The highest BCUT2D eigenvalue weighted by Crippen LogP contribution is 2.22. The van der Waals surface area contributed by atoms with Crippen molar-refractivity contribution < 1.29 is 9.13 Å². The molecule has 0 aromatic heterocycles. The summed E-state index contributed by atoms with van der Waals surface area (Å²) in [5.41, 5.74) is 1.43. The van der Waals surface area contributed by atoms with E-state index in [2.05, 4.69) is 27.8 Å². The summed E-state index contributed by atoms with van der Waals surface area (Å²) in [6.45, 7) is 4.56. The van der Waals surface area contributed by atoms with E-state index >= 15 is 0 Å². The molecule has 0 aliphatic rings. The van der Waals surface area contributed by atoms with Crippen LogP contribution in [0, 0.1) is 5.82 Å². The molecule has 0 aliphatic carbocycles. The molecule has 20 heavy (non-hydrogen) atoms. The van der Waals surface area contributed by atoms with Crippen LogP contribution < -0.4 is 10.1 Å². The second-order valence-electron chi connectivity index (χ2n) is 4.19. The zero-order valence-electron chi connectivity index (χ0n) is 10.9. The number of para-hydroxylation sites is 1. The molecule has 0 saturated heterocycles. The van der Waals surface area contributed by atoms with Crippen molar-refractivity contribution in [1.29, 1.82) is 0 Å². The molecule has 0 unspecified atom stereocenters. The van der Waals surface area contributed by atoms with Gasteiger partial charge in [-0.1, -0.05) is 46.8 Å². The first-order valence-corrected chi connectivity index (χ1v) is 7.00. The molecule has 104 valence electrons. The quantitative estimate of drug-likeness (QED) is 0.768. The highest BCUT2D eigenvalue weighted by molar-refractivity contribution is 9.10. The van der Waals surface area contributed by atoms with E-state index in [0.717, 1.165) is 15.8 Å². The van der Waals surface area contributed by atoms with Crippen molar-refractivity contribution in [2.45, 2.75) is 6.54 Å². The SMILES string of the molecule is C=CCOc1ccccc1CNc1ccc(Br)cc1F. The van der Waals surface area contributed by atoms with E-state index in [9.17, 15) is 4.39 Å². The minimum Gasteiger partial charge on any atom is -0.489 e. The Kier molecular flexibility index (Phi) is 5.18. The number of halogens is 2. The van der Waals surface area contributed by atoms with Crippen LogP contribution in [0.2, 0.25) is 0 Å². The van der Waals surface area contributed by atoms with Gasteiger partial charge >= 0.3 is 0 Å². The monoisotopic (exact) mass is 335 g/mol. The van der Waals surface area contributed by atoms with Crippen molar-refractivity contribution in [2.75, 3.05) is 11.9 Å². The average Bonchev–Trinajstić information content (AvgIpc) is 2.45. The molecule has 0 saturated carbocycles. The fraction of sp³-hybridized carbons (Fsp3) is 0.125. The lowest BCUT2D eigenvalue weighted by molar-refractivity contribution is 0.359. The second-order valence-corrected chi connectivity index (χ2v) is 5.10. The predicted molar refractivity (Wildman–Crippen MR) is 83.6 cm³/mol. The van der Waals surface area contributed by atoms with Crippen molar-refractivity contribution in [1.82, 2.24) is 0 Å². The number of hydrogen-bond acceptors (Lipinski definition) is 2. The summed E-state index contributed by atoms with van der Waals surface area (Å²) in [7, 11) is 0. The molecule has 2 nitrogen and oxygen atoms in total. The predicted octanol–water partition coefficient (Wildman–Crippen LogP) is 4.77. The molecular formula is C16H15BrFNO. The smallest absolute Gasteiger partial charge is 0.147 e. The van der Waals surface area contributed by atoms with Crippen LogP contribution in [0.5, 0.6) is 5.75 Å². The number of nitrogens with one attached hydrogen (secondary N) is 1. The third-order valence-corrected chi connectivity index (χ3v) is 3.22. The van der Waals surface area contributed by atoms with Gasteiger partial charge in [-0.15, -0.1) is 0 Å². The molecule has 2 aromatic rings. The zero-order valence-corrected chi connectivity index (χ0v) is 12.5. The van der Waals surface area contributed by atoms with Gasteiger partial charge in [0.1, 0.15) is 18.2 Å². The van der Waals surface area contributed by atoms with Crippen LogP contribution in [-0.2, 0) is 6.54 Å². The third-order valence-electron chi connectivity index (χ3n) is 2.73. The van der Waals surface area contributed by atoms with Gasteiger partial charge in [0.25, 0.3) is 0 Å². The van der Waals surface area contributed by atoms with Gasteiger partial charge in [-0.25, -0.2) is 4.39 Å². The van der Waals surface area contributed by atoms with Crippen LogP contribution in [-0.4, -0.2) is 6.61 Å². The highest BCUT2D eigenvalue weighted by atomic mass is 79.9. The molecular weight excluding hydrogens is 321 g/mol. The summed E-state index contributed by atoms with van der Waals surface area (Å²) in [5, 5.41) is 3.07. The summed E-state index contributed by atoms with van der Waals surface area (Å²) in [6.07, 6.45) is 1.69. The minimum atomic E-state index is -0.288. The minimum absolute atomic E-state index is 0.288. The van der Waals surface area contributed by atoms with Crippen LogP contribution in [0.3, 0.4) is 0 Å². The lowest BCUT2D eigenvalue weighted by Gasteiger charge is -2.12. The maximum absolute atomic E-state index is 13.7. The van der Waals surface area contributed by atoms with Gasteiger partial charge in [0.15, 0.2) is 0 Å². The number of benzene rings is 2. The molecule has 0 heterocycles. The van der Waals surface area contributed by atoms with Gasteiger partial charge in [-0.3, -0.25) is 0 Å². The lowest BCUT2D eigenvalue weighted by atomic mass is 10.2. The van der Waals surface area contributed by atoms with E-state index in [-0.39, 0.29) is 5.82 Å². The van der Waals surface area contributed by atoms with Crippen LogP contribution >= 0.6 is 15.9 Å². The summed E-state index contributed by atoms with van der Waals surface area (Å²) in [4.78, 5) is 0. The molecule has 1 N–H and O–H groups in total. The molecule has 0 aliphatic heterocycles. The van der Waals surface area contributed by atoms with E-state index in [0.29, 0.717) is 18.8 Å². The molecule has 0 spiro atoms. The van der Waals surface area contributed by atoms with E-state index in [1.54, 1.807) is 18.2 Å². The molecule has 2 aromatic carbocycles. The topological polar surface area (TPSA) is 21.3 Å². The fourth-order valence-corrected chi connectivity index (χ4v) is 2.10. The Hall–Kier alpha value is -1.81. The van der Waals surface area contributed by atoms with Crippen molar-refractivity contribution in [2.24, 2.45) is 0 Å². The van der Waals surface area contributed by atoms with Gasteiger partial charge < -0.3 is 10.1 Å². The van der Waals surface area contributed by atoms with Crippen molar-refractivity contribution in [3.63, 3.8) is 0 Å². The van der Waals surface area contributed by atoms with Gasteiger partial charge in [-0.05, 0) is 24.3 Å². The van der Waals surface area contributed by atoms with Crippen LogP contribution in [0.1, 0.15) is 5.56 Å².